The number of benzene rings is 1. The molecule has 0 spiro atoms. The fourth-order valence-electron chi connectivity index (χ4n) is 1.47. The van der Waals surface area contributed by atoms with E-state index in [1.165, 1.54) is 13.2 Å². The number of rotatable bonds is 7. The van der Waals surface area contributed by atoms with Gasteiger partial charge in [-0.15, -0.1) is 0 Å². The summed E-state index contributed by atoms with van der Waals surface area (Å²) in [7, 11) is 1.40. The lowest BCUT2D eigenvalue weighted by Gasteiger charge is -2.17. The molecule has 0 heterocycles. The minimum Gasteiger partial charge on any atom is -0.493 e. The first-order chi connectivity index (χ1) is 9.38. The number of halogens is 3. The van der Waals surface area contributed by atoms with Gasteiger partial charge >= 0.3 is 6.18 Å². The zero-order valence-electron chi connectivity index (χ0n) is 11.3. The van der Waals surface area contributed by atoms with Crippen LogP contribution in [0.15, 0.2) is 18.2 Å². The second kappa shape index (κ2) is 7.35. The lowest BCUT2D eigenvalue weighted by atomic mass is 10.2. The molecule has 1 aromatic rings. The molecule has 1 aromatic carbocycles. The second-order valence-corrected chi connectivity index (χ2v) is 4.13. The van der Waals surface area contributed by atoms with Crippen LogP contribution in [-0.2, 0) is 6.54 Å². The Morgan fingerprint density at radius 2 is 2.00 bits per heavy atom. The molecular weight excluding hydrogens is 275 g/mol. The molecule has 0 fully saturated rings. The van der Waals surface area contributed by atoms with Crippen LogP contribution in [0, 0.1) is 0 Å². The first kappa shape index (κ1) is 16.6. The van der Waals surface area contributed by atoms with Gasteiger partial charge in [0.2, 0.25) is 0 Å². The lowest BCUT2D eigenvalue weighted by Crippen LogP contribution is -2.34. The summed E-state index contributed by atoms with van der Waals surface area (Å²) >= 11 is 0. The number of hydrogen-bond acceptors (Lipinski definition) is 4. The third-order valence-corrected chi connectivity index (χ3v) is 2.58. The van der Waals surface area contributed by atoms with Crippen molar-refractivity contribution in [2.75, 3.05) is 20.3 Å². The number of nitrogens with one attached hydrogen (secondary N) is 1. The summed E-state index contributed by atoms with van der Waals surface area (Å²) in [5, 5.41) is 12.0. The van der Waals surface area contributed by atoms with Gasteiger partial charge in [-0.2, -0.15) is 13.2 Å². The Kier molecular flexibility index (Phi) is 6.09. The maximum Gasteiger partial charge on any atom is 0.417 e. The van der Waals surface area contributed by atoms with E-state index in [0.29, 0.717) is 12.3 Å². The van der Waals surface area contributed by atoms with Gasteiger partial charge in [-0.25, -0.2) is 0 Å². The van der Waals surface area contributed by atoms with E-state index < -0.39 is 18.9 Å². The maximum absolute atomic E-state index is 12.2. The fourth-order valence-corrected chi connectivity index (χ4v) is 1.47. The highest BCUT2D eigenvalue weighted by Gasteiger charge is 2.38. The standard InChI is InChI=1S/C13H18F3NO3/c1-3-17-7-9-4-5-10(11(6-9)19-2)20-8-12(18)13(14,15)16/h4-6,12,17-18H,3,7-8H2,1-2H3. The summed E-state index contributed by atoms with van der Waals surface area (Å²) in [5.41, 5.74) is 0.924. The first-order valence-corrected chi connectivity index (χ1v) is 6.13. The van der Waals surface area contributed by atoms with Crippen molar-refractivity contribution in [2.24, 2.45) is 0 Å². The molecule has 0 aliphatic heterocycles. The highest BCUT2D eigenvalue weighted by molar-refractivity contribution is 5.43. The van der Waals surface area contributed by atoms with E-state index in [9.17, 15) is 13.2 Å². The summed E-state index contributed by atoms with van der Waals surface area (Å²) in [6.07, 6.45) is -7.22. The molecule has 1 rings (SSSR count). The van der Waals surface area contributed by atoms with Crippen molar-refractivity contribution < 1.29 is 27.8 Å². The zero-order chi connectivity index (χ0) is 15.2. The van der Waals surface area contributed by atoms with Crippen LogP contribution in [-0.4, -0.2) is 37.6 Å². The molecule has 114 valence electrons. The minimum atomic E-state index is -4.70. The van der Waals surface area contributed by atoms with Crippen molar-refractivity contribution in [3.63, 3.8) is 0 Å². The number of ether oxygens (including phenoxy) is 2. The van der Waals surface area contributed by atoms with Crippen molar-refractivity contribution in [1.29, 1.82) is 0 Å². The summed E-state index contributed by atoms with van der Waals surface area (Å²) in [5.74, 6) is 0.492. The monoisotopic (exact) mass is 293 g/mol. The van der Waals surface area contributed by atoms with Crippen LogP contribution in [0.5, 0.6) is 11.5 Å². The average molecular weight is 293 g/mol. The van der Waals surface area contributed by atoms with Crippen molar-refractivity contribution in [2.45, 2.75) is 25.7 Å². The van der Waals surface area contributed by atoms with Gasteiger partial charge in [0.05, 0.1) is 7.11 Å². The quantitative estimate of drug-likeness (QED) is 0.808. The largest absolute Gasteiger partial charge is 0.493 e. The highest BCUT2D eigenvalue weighted by atomic mass is 19.4. The zero-order valence-corrected chi connectivity index (χ0v) is 11.3. The molecule has 0 amide bonds. The molecule has 0 aliphatic carbocycles. The van der Waals surface area contributed by atoms with E-state index in [2.05, 4.69) is 5.32 Å². The van der Waals surface area contributed by atoms with Gasteiger partial charge in [0.25, 0.3) is 0 Å². The molecular formula is C13H18F3NO3. The van der Waals surface area contributed by atoms with Crippen LogP contribution >= 0.6 is 0 Å². The number of methoxy groups -OCH3 is 1. The maximum atomic E-state index is 12.2. The molecule has 7 heteroatoms. The van der Waals surface area contributed by atoms with E-state index in [4.69, 9.17) is 14.6 Å². The van der Waals surface area contributed by atoms with Gasteiger partial charge in [0, 0.05) is 6.54 Å². The molecule has 0 aliphatic rings. The third-order valence-electron chi connectivity index (χ3n) is 2.58. The molecule has 1 atom stereocenters. The molecule has 1 unspecified atom stereocenters. The Morgan fingerprint density at radius 1 is 1.30 bits per heavy atom. The molecule has 20 heavy (non-hydrogen) atoms. The topological polar surface area (TPSA) is 50.7 Å². The van der Waals surface area contributed by atoms with Gasteiger partial charge < -0.3 is 19.9 Å². The molecule has 0 radical (unpaired) electrons. The predicted molar refractivity (Wildman–Crippen MR) is 67.9 cm³/mol. The van der Waals surface area contributed by atoms with Gasteiger partial charge in [-0.05, 0) is 24.2 Å². The Bertz CT molecular complexity index is 424. The molecule has 0 bridgehead atoms. The Labute approximate surface area is 115 Å². The van der Waals surface area contributed by atoms with E-state index in [0.717, 1.165) is 12.1 Å². The fraction of sp³-hybridized carbons (Fsp3) is 0.538. The van der Waals surface area contributed by atoms with Gasteiger partial charge in [0.1, 0.15) is 6.61 Å². The summed E-state index contributed by atoms with van der Waals surface area (Å²) in [6.45, 7) is 2.52. The smallest absolute Gasteiger partial charge is 0.417 e. The van der Waals surface area contributed by atoms with Crippen molar-refractivity contribution in [1.82, 2.24) is 5.32 Å². The van der Waals surface area contributed by atoms with Gasteiger partial charge in [0.15, 0.2) is 17.6 Å². The van der Waals surface area contributed by atoms with Gasteiger partial charge in [-0.3, -0.25) is 0 Å². The minimum absolute atomic E-state index is 0.163. The molecule has 0 saturated heterocycles. The second-order valence-electron chi connectivity index (χ2n) is 4.13. The van der Waals surface area contributed by atoms with Crippen LogP contribution in [0.25, 0.3) is 0 Å². The molecule has 2 N–H and O–H groups in total. The Hall–Kier alpha value is -1.47. The lowest BCUT2D eigenvalue weighted by molar-refractivity contribution is -0.210. The van der Waals surface area contributed by atoms with E-state index in [1.54, 1.807) is 12.1 Å². The van der Waals surface area contributed by atoms with E-state index >= 15 is 0 Å². The van der Waals surface area contributed by atoms with E-state index in [-0.39, 0.29) is 5.75 Å². The highest BCUT2D eigenvalue weighted by Crippen LogP contribution is 2.29. The summed E-state index contributed by atoms with van der Waals surface area (Å²) in [4.78, 5) is 0. The van der Waals surface area contributed by atoms with Crippen molar-refractivity contribution in [3.05, 3.63) is 23.8 Å². The first-order valence-electron chi connectivity index (χ1n) is 6.13. The predicted octanol–water partition coefficient (Wildman–Crippen LogP) is 2.11. The van der Waals surface area contributed by atoms with E-state index in [1.807, 2.05) is 6.92 Å². The number of hydrogen-bond donors (Lipinski definition) is 2. The number of alkyl halides is 3. The molecule has 0 saturated carbocycles. The normalized spacial score (nSPS) is 13.1. The number of aliphatic hydroxyl groups excluding tert-OH is 1. The van der Waals surface area contributed by atoms with Gasteiger partial charge in [-0.1, -0.05) is 13.0 Å². The van der Waals surface area contributed by atoms with Crippen molar-refractivity contribution >= 4 is 0 Å². The Balaban J connectivity index is 2.70. The third kappa shape index (κ3) is 4.90. The summed E-state index contributed by atoms with van der Waals surface area (Å²) in [6, 6.07) is 4.92. The summed E-state index contributed by atoms with van der Waals surface area (Å²) < 4.78 is 46.5. The average Bonchev–Trinajstić information content (AvgIpc) is 2.41. The SMILES string of the molecule is CCNCc1ccc(OCC(O)C(F)(F)F)c(OC)c1. The van der Waals surface area contributed by atoms with Crippen LogP contribution in [0.4, 0.5) is 13.2 Å². The van der Waals surface area contributed by atoms with Crippen LogP contribution in [0.3, 0.4) is 0 Å². The molecule has 4 nitrogen and oxygen atoms in total. The van der Waals surface area contributed by atoms with Crippen molar-refractivity contribution in [3.8, 4) is 11.5 Å². The van der Waals surface area contributed by atoms with Crippen LogP contribution < -0.4 is 14.8 Å². The van der Waals surface area contributed by atoms with Crippen LogP contribution in [0.2, 0.25) is 0 Å². The van der Waals surface area contributed by atoms with Crippen LogP contribution in [0.1, 0.15) is 12.5 Å². The Morgan fingerprint density at radius 3 is 2.55 bits per heavy atom. The molecule has 0 aromatic heterocycles. The number of aliphatic hydroxyl groups is 1.